The van der Waals surface area contributed by atoms with E-state index >= 15 is 0 Å². The molecule has 1 rings (SSSR count). The van der Waals surface area contributed by atoms with Crippen molar-refractivity contribution in [2.24, 2.45) is 0 Å². The van der Waals surface area contributed by atoms with E-state index in [2.05, 4.69) is 4.98 Å². The van der Waals surface area contributed by atoms with Gasteiger partial charge >= 0.3 is 6.09 Å². The standard InChI is InChI=1S/C14H19ClN2O3/c1-13(2,3)20-12(19)17(5)14(4,9-18)10-6-7-11(15)16-8-10/h6-9H,1-5H3. The number of halogens is 1. The first kappa shape index (κ1) is 16.4. The highest BCUT2D eigenvalue weighted by atomic mass is 35.5. The Balaban J connectivity index is 3.07. The topological polar surface area (TPSA) is 59.5 Å². The van der Waals surface area contributed by atoms with Gasteiger partial charge in [-0.1, -0.05) is 17.7 Å². The van der Waals surface area contributed by atoms with E-state index in [1.54, 1.807) is 39.8 Å². The Bertz CT molecular complexity index is 496. The van der Waals surface area contributed by atoms with Gasteiger partial charge in [-0.15, -0.1) is 0 Å². The number of rotatable bonds is 3. The number of carbonyl (C=O) groups is 2. The zero-order chi connectivity index (χ0) is 15.6. The van der Waals surface area contributed by atoms with Crippen LogP contribution in [0.4, 0.5) is 4.79 Å². The number of hydrogen-bond donors (Lipinski definition) is 0. The molecular formula is C14H19ClN2O3. The summed E-state index contributed by atoms with van der Waals surface area (Å²) in [7, 11) is 1.51. The van der Waals surface area contributed by atoms with Gasteiger partial charge in [0, 0.05) is 18.8 Å². The highest BCUT2D eigenvalue weighted by Gasteiger charge is 2.37. The van der Waals surface area contributed by atoms with Gasteiger partial charge in [0.1, 0.15) is 22.6 Å². The molecule has 0 aliphatic heterocycles. The SMILES string of the molecule is CN(C(=O)OC(C)(C)C)C(C)(C=O)c1ccc(Cl)nc1. The molecule has 0 bridgehead atoms. The number of likely N-dealkylation sites (N-methyl/N-ethyl adjacent to an activating group) is 1. The zero-order valence-electron chi connectivity index (χ0n) is 12.3. The first-order valence-electron chi connectivity index (χ1n) is 6.15. The van der Waals surface area contributed by atoms with E-state index < -0.39 is 17.2 Å². The van der Waals surface area contributed by atoms with Gasteiger partial charge in [-0.05, 0) is 33.8 Å². The van der Waals surface area contributed by atoms with Crippen molar-refractivity contribution < 1.29 is 14.3 Å². The van der Waals surface area contributed by atoms with Gasteiger partial charge in [-0.3, -0.25) is 4.90 Å². The number of pyridine rings is 1. The molecule has 1 aromatic heterocycles. The van der Waals surface area contributed by atoms with E-state index in [1.165, 1.54) is 18.1 Å². The average molecular weight is 299 g/mol. The molecule has 5 nitrogen and oxygen atoms in total. The predicted molar refractivity (Wildman–Crippen MR) is 76.7 cm³/mol. The van der Waals surface area contributed by atoms with Crippen LogP contribution in [0, 0.1) is 0 Å². The number of amides is 1. The Morgan fingerprint density at radius 2 is 1.95 bits per heavy atom. The molecule has 1 aromatic rings. The molecule has 0 spiro atoms. The molecule has 20 heavy (non-hydrogen) atoms. The largest absolute Gasteiger partial charge is 0.444 e. The minimum Gasteiger partial charge on any atom is -0.444 e. The number of aromatic nitrogens is 1. The maximum atomic E-state index is 12.1. The lowest BCUT2D eigenvalue weighted by molar-refractivity contribution is -0.117. The minimum atomic E-state index is -1.17. The van der Waals surface area contributed by atoms with E-state index in [0.29, 0.717) is 17.0 Å². The average Bonchev–Trinajstić information content (AvgIpc) is 2.35. The van der Waals surface area contributed by atoms with E-state index in [1.807, 2.05) is 0 Å². The predicted octanol–water partition coefficient (Wildman–Crippen LogP) is 3.02. The van der Waals surface area contributed by atoms with Crippen LogP contribution in [0.5, 0.6) is 0 Å². The second kappa shape index (κ2) is 5.79. The Morgan fingerprint density at radius 3 is 2.35 bits per heavy atom. The summed E-state index contributed by atoms with van der Waals surface area (Å²) in [6, 6.07) is 3.23. The molecule has 1 atom stereocenters. The fraction of sp³-hybridized carbons (Fsp3) is 0.500. The second-order valence-corrected chi connectivity index (χ2v) is 6.06. The van der Waals surface area contributed by atoms with Crippen LogP contribution in [0.25, 0.3) is 0 Å². The molecule has 0 radical (unpaired) electrons. The first-order valence-corrected chi connectivity index (χ1v) is 6.53. The van der Waals surface area contributed by atoms with Crippen molar-refractivity contribution in [1.29, 1.82) is 0 Å². The molecule has 1 heterocycles. The molecule has 0 aliphatic rings. The highest BCUT2D eigenvalue weighted by Crippen LogP contribution is 2.26. The van der Waals surface area contributed by atoms with Crippen LogP contribution in [-0.2, 0) is 15.1 Å². The molecular weight excluding hydrogens is 280 g/mol. The number of carbonyl (C=O) groups excluding carboxylic acids is 2. The van der Waals surface area contributed by atoms with Crippen LogP contribution in [0.2, 0.25) is 5.15 Å². The van der Waals surface area contributed by atoms with E-state index in [9.17, 15) is 9.59 Å². The van der Waals surface area contributed by atoms with Gasteiger partial charge in [-0.25, -0.2) is 9.78 Å². The Labute approximate surface area is 123 Å². The molecule has 1 amide bonds. The monoisotopic (exact) mass is 298 g/mol. The Kier molecular flexibility index (Phi) is 4.76. The van der Waals surface area contributed by atoms with Gasteiger partial charge in [0.25, 0.3) is 0 Å². The molecule has 110 valence electrons. The third kappa shape index (κ3) is 3.70. The quantitative estimate of drug-likeness (QED) is 0.636. The number of nitrogens with zero attached hydrogens (tertiary/aromatic N) is 2. The van der Waals surface area contributed by atoms with Gasteiger partial charge in [0.05, 0.1) is 0 Å². The molecule has 0 aliphatic carbocycles. The summed E-state index contributed by atoms with van der Waals surface area (Å²) in [5, 5.41) is 0.321. The van der Waals surface area contributed by atoms with E-state index in [-0.39, 0.29) is 0 Å². The molecule has 0 aromatic carbocycles. The van der Waals surface area contributed by atoms with Crippen LogP contribution in [0.3, 0.4) is 0 Å². The van der Waals surface area contributed by atoms with E-state index in [4.69, 9.17) is 16.3 Å². The summed E-state index contributed by atoms with van der Waals surface area (Å²) in [6.45, 7) is 6.91. The zero-order valence-corrected chi connectivity index (χ0v) is 13.1. The van der Waals surface area contributed by atoms with Gasteiger partial charge in [0.15, 0.2) is 0 Å². The summed E-state index contributed by atoms with van der Waals surface area (Å²) in [4.78, 5) is 28.8. The third-order valence-electron chi connectivity index (χ3n) is 2.91. The van der Waals surface area contributed by atoms with Crippen molar-refractivity contribution >= 4 is 24.0 Å². The lowest BCUT2D eigenvalue weighted by atomic mass is 9.94. The first-order chi connectivity index (χ1) is 9.10. The molecule has 0 saturated heterocycles. The lowest BCUT2D eigenvalue weighted by Crippen LogP contribution is -2.48. The molecule has 0 N–H and O–H groups in total. The van der Waals surface area contributed by atoms with Crippen LogP contribution in [0.15, 0.2) is 18.3 Å². The molecule has 0 fully saturated rings. The fourth-order valence-corrected chi connectivity index (χ4v) is 1.65. The third-order valence-corrected chi connectivity index (χ3v) is 3.13. The van der Waals surface area contributed by atoms with Gasteiger partial charge < -0.3 is 9.53 Å². The second-order valence-electron chi connectivity index (χ2n) is 5.67. The summed E-state index contributed by atoms with van der Waals surface area (Å²) >= 11 is 5.73. The van der Waals surface area contributed by atoms with Gasteiger partial charge in [-0.2, -0.15) is 0 Å². The normalized spacial score (nSPS) is 14.3. The van der Waals surface area contributed by atoms with Crippen LogP contribution < -0.4 is 0 Å². The number of ether oxygens (including phenoxy) is 1. The Morgan fingerprint density at radius 1 is 1.35 bits per heavy atom. The van der Waals surface area contributed by atoms with E-state index in [0.717, 1.165) is 0 Å². The maximum Gasteiger partial charge on any atom is 0.411 e. The summed E-state index contributed by atoms with van der Waals surface area (Å²) in [6.07, 6.45) is 1.57. The number of hydrogen-bond acceptors (Lipinski definition) is 4. The summed E-state index contributed by atoms with van der Waals surface area (Å²) < 4.78 is 5.27. The lowest BCUT2D eigenvalue weighted by Gasteiger charge is -2.35. The molecule has 6 heteroatoms. The molecule has 1 unspecified atom stereocenters. The Hall–Kier alpha value is -1.62. The smallest absolute Gasteiger partial charge is 0.411 e. The maximum absolute atomic E-state index is 12.1. The van der Waals surface area contributed by atoms with Crippen LogP contribution in [0.1, 0.15) is 33.3 Å². The molecule has 0 saturated carbocycles. The van der Waals surface area contributed by atoms with Crippen molar-refractivity contribution in [2.75, 3.05) is 7.05 Å². The van der Waals surface area contributed by atoms with Crippen molar-refractivity contribution in [3.05, 3.63) is 29.0 Å². The minimum absolute atomic E-state index is 0.321. The fourth-order valence-electron chi connectivity index (χ4n) is 1.54. The van der Waals surface area contributed by atoms with Crippen LogP contribution >= 0.6 is 11.6 Å². The summed E-state index contributed by atoms with van der Waals surface area (Å²) in [5.41, 5.74) is -1.24. The summed E-state index contributed by atoms with van der Waals surface area (Å²) in [5.74, 6) is 0. The van der Waals surface area contributed by atoms with Crippen molar-refractivity contribution in [3.63, 3.8) is 0 Å². The number of aldehydes is 1. The van der Waals surface area contributed by atoms with Gasteiger partial charge in [0.2, 0.25) is 0 Å². The van der Waals surface area contributed by atoms with Crippen molar-refractivity contribution in [2.45, 2.75) is 38.8 Å². The van der Waals surface area contributed by atoms with Crippen molar-refractivity contribution in [3.8, 4) is 0 Å². The highest BCUT2D eigenvalue weighted by molar-refractivity contribution is 6.29. The van der Waals surface area contributed by atoms with Crippen molar-refractivity contribution in [1.82, 2.24) is 9.88 Å². The van der Waals surface area contributed by atoms with Crippen LogP contribution in [-0.4, -0.2) is 34.9 Å².